The fraction of sp³-hybridized carbons (Fsp3) is 0.333. The van der Waals surface area contributed by atoms with Gasteiger partial charge in [0.25, 0.3) is 0 Å². The van der Waals surface area contributed by atoms with Gasteiger partial charge in [-0.25, -0.2) is 8.42 Å². The molecule has 3 rings (SSSR count). The van der Waals surface area contributed by atoms with E-state index >= 15 is 0 Å². The molecular formula is C18H22ClN2O2S+. The Morgan fingerprint density at radius 1 is 1.08 bits per heavy atom. The summed E-state index contributed by atoms with van der Waals surface area (Å²) in [5.74, 6) is 0. The second-order valence-corrected chi connectivity index (χ2v) is 8.57. The number of hydrogen-bond donors (Lipinski definition) is 1. The predicted molar refractivity (Wildman–Crippen MR) is 95.8 cm³/mol. The van der Waals surface area contributed by atoms with E-state index in [0.29, 0.717) is 23.0 Å². The number of benzene rings is 2. The van der Waals surface area contributed by atoms with Crippen LogP contribution in [0.3, 0.4) is 0 Å². The van der Waals surface area contributed by atoms with E-state index in [4.69, 9.17) is 11.6 Å². The molecule has 0 bridgehead atoms. The van der Waals surface area contributed by atoms with Gasteiger partial charge in [0.15, 0.2) is 0 Å². The average Bonchev–Trinajstić information content (AvgIpc) is 2.58. The van der Waals surface area contributed by atoms with Gasteiger partial charge in [-0.3, -0.25) is 0 Å². The molecule has 1 heterocycles. The van der Waals surface area contributed by atoms with Crippen molar-refractivity contribution in [2.45, 2.75) is 18.4 Å². The summed E-state index contributed by atoms with van der Waals surface area (Å²) in [6.45, 7) is 5.50. The van der Waals surface area contributed by atoms with Crippen LogP contribution in [0.5, 0.6) is 0 Å². The van der Waals surface area contributed by atoms with Crippen LogP contribution in [0.4, 0.5) is 0 Å². The highest BCUT2D eigenvalue weighted by Crippen LogP contribution is 2.22. The minimum Gasteiger partial charge on any atom is -0.329 e. The number of nitrogens with zero attached hydrogens (tertiary/aromatic N) is 1. The number of hydrogen-bond acceptors (Lipinski definition) is 2. The molecule has 1 aliphatic heterocycles. The molecule has 1 fully saturated rings. The van der Waals surface area contributed by atoms with Gasteiger partial charge in [0, 0.05) is 10.6 Å². The molecule has 2 aromatic carbocycles. The highest BCUT2D eigenvalue weighted by Gasteiger charge is 2.30. The first kappa shape index (κ1) is 17.4. The zero-order valence-electron chi connectivity index (χ0n) is 13.7. The molecule has 0 unspecified atom stereocenters. The molecule has 1 N–H and O–H groups in total. The summed E-state index contributed by atoms with van der Waals surface area (Å²) in [5.41, 5.74) is 2.07. The van der Waals surface area contributed by atoms with Crippen LogP contribution < -0.4 is 4.90 Å². The number of piperazine rings is 1. The summed E-state index contributed by atoms with van der Waals surface area (Å²) in [5, 5.41) is 0.589. The molecule has 0 aromatic heterocycles. The van der Waals surface area contributed by atoms with Crippen molar-refractivity contribution in [1.29, 1.82) is 0 Å². The van der Waals surface area contributed by atoms with Crippen LogP contribution >= 0.6 is 11.6 Å². The van der Waals surface area contributed by atoms with E-state index in [2.05, 4.69) is 12.1 Å². The second kappa shape index (κ2) is 7.23. The number of halogens is 1. The van der Waals surface area contributed by atoms with Crippen LogP contribution in [0.25, 0.3) is 0 Å². The third-order valence-corrected chi connectivity index (χ3v) is 6.81. The summed E-state index contributed by atoms with van der Waals surface area (Å²) < 4.78 is 27.2. The molecule has 2 aromatic rings. The van der Waals surface area contributed by atoms with Crippen molar-refractivity contribution in [2.24, 2.45) is 0 Å². The summed E-state index contributed by atoms with van der Waals surface area (Å²) in [4.78, 5) is 1.75. The van der Waals surface area contributed by atoms with Gasteiger partial charge < -0.3 is 4.90 Å². The van der Waals surface area contributed by atoms with E-state index < -0.39 is 10.0 Å². The maximum absolute atomic E-state index is 12.8. The number of nitrogens with one attached hydrogen (secondary N) is 1. The summed E-state index contributed by atoms with van der Waals surface area (Å²) in [6.07, 6.45) is 0. The van der Waals surface area contributed by atoms with Gasteiger partial charge in [0.05, 0.1) is 31.1 Å². The smallest absolute Gasteiger partial charge is 0.243 e. The van der Waals surface area contributed by atoms with Crippen LogP contribution in [-0.4, -0.2) is 38.9 Å². The molecule has 128 valence electrons. The fourth-order valence-electron chi connectivity index (χ4n) is 3.03. The Labute approximate surface area is 148 Å². The summed E-state index contributed by atoms with van der Waals surface area (Å²) in [7, 11) is -3.44. The van der Waals surface area contributed by atoms with Gasteiger partial charge in [0.1, 0.15) is 6.54 Å². The van der Waals surface area contributed by atoms with E-state index in [0.717, 1.165) is 25.2 Å². The third-order valence-electron chi connectivity index (χ3n) is 4.49. The van der Waals surface area contributed by atoms with Gasteiger partial charge >= 0.3 is 0 Å². The Bertz CT molecular complexity index is 801. The Balaban J connectivity index is 1.66. The zero-order valence-corrected chi connectivity index (χ0v) is 15.3. The maximum atomic E-state index is 12.8. The van der Waals surface area contributed by atoms with Crippen molar-refractivity contribution in [3.05, 3.63) is 64.7 Å². The van der Waals surface area contributed by atoms with Crippen molar-refractivity contribution >= 4 is 21.6 Å². The van der Waals surface area contributed by atoms with Crippen molar-refractivity contribution in [1.82, 2.24) is 4.31 Å². The van der Waals surface area contributed by atoms with Gasteiger partial charge in [-0.05, 0) is 30.7 Å². The van der Waals surface area contributed by atoms with Crippen molar-refractivity contribution in [3.8, 4) is 0 Å². The molecule has 0 aliphatic carbocycles. The first-order valence-electron chi connectivity index (χ1n) is 8.10. The predicted octanol–water partition coefficient (Wildman–Crippen LogP) is 1.74. The van der Waals surface area contributed by atoms with E-state index in [-0.39, 0.29) is 0 Å². The Morgan fingerprint density at radius 3 is 2.38 bits per heavy atom. The number of sulfonamides is 1. The minimum atomic E-state index is -3.44. The Morgan fingerprint density at radius 2 is 1.75 bits per heavy atom. The van der Waals surface area contributed by atoms with Crippen LogP contribution in [0.1, 0.15) is 11.1 Å². The molecule has 1 aliphatic rings. The van der Waals surface area contributed by atoms with Crippen molar-refractivity contribution < 1.29 is 13.3 Å². The van der Waals surface area contributed by atoms with Gasteiger partial charge in [-0.1, -0.05) is 41.9 Å². The van der Waals surface area contributed by atoms with Crippen molar-refractivity contribution in [3.63, 3.8) is 0 Å². The number of quaternary nitrogens is 1. The van der Waals surface area contributed by atoms with E-state index in [1.165, 1.54) is 10.5 Å². The first-order valence-corrected chi connectivity index (χ1v) is 9.92. The fourth-order valence-corrected chi connectivity index (χ4v) is 4.68. The Kier molecular flexibility index (Phi) is 5.25. The van der Waals surface area contributed by atoms with E-state index in [9.17, 15) is 8.42 Å². The second-order valence-electron chi connectivity index (χ2n) is 6.23. The van der Waals surface area contributed by atoms with Gasteiger partial charge in [-0.15, -0.1) is 0 Å². The van der Waals surface area contributed by atoms with Crippen LogP contribution in [0, 0.1) is 6.92 Å². The molecule has 0 atom stereocenters. The normalized spacial score (nSPS) is 17.1. The number of rotatable bonds is 4. The van der Waals surface area contributed by atoms with E-state index in [1.54, 1.807) is 22.5 Å². The highest BCUT2D eigenvalue weighted by molar-refractivity contribution is 7.89. The topological polar surface area (TPSA) is 41.8 Å². The largest absolute Gasteiger partial charge is 0.329 e. The SMILES string of the molecule is Cc1cc(S(=O)(=O)N2CC[NH+](Cc3ccccc3)CC2)ccc1Cl. The first-order chi connectivity index (χ1) is 11.5. The van der Waals surface area contributed by atoms with Crippen molar-refractivity contribution in [2.75, 3.05) is 26.2 Å². The standard InChI is InChI=1S/C18H21ClN2O2S/c1-15-13-17(7-8-18(15)19)24(22,23)21-11-9-20(10-12-21)14-16-5-3-2-4-6-16/h2-8,13H,9-12,14H2,1H3/p+1. The molecular weight excluding hydrogens is 344 g/mol. The molecule has 0 amide bonds. The molecule has 0 radical (unpaired) electrons. The lowest BCUT2D eigenvalue weighted by atomic mass is 10.2. The molecule has 4 nitrogen and oxygen atoms in total. The molecule has 0 spiro atoms. The highest BCUT2D eigenvalue weighted by atomic mass is 35.5. The van der Waals surface area contributed by atoms with Crippen LogP contribution in [-0.2, 0) is 16.6 Å². The van der Waals surface area contributed by atoms with Crippen LogP contribution in [0.15, 0.2) is 53.4 Å². The van der Waals surface area contributed by atoms with Crippen LogP contribution in [0.2, 0.25) is 5.02 Å². The lowest BCUT2D eigenvalue weighted by molar-refractivity contribution is -0.917. The third kappa shape index (κ3) is 3.81. The van der Waals surface area contributed by atoms with E-state index in [1.807, 2.05) is 25.1 Å². The van der Waals surface area contributed by atoms with Gasteiger partial charge in [0.2, 0.25) is 10.0 Å². The summed E-state index contributed by atoms with van der Waals surface area (Å²) >= 11 is 6.00. The lowest BCUT2D eigenvalue weighted by Crippen LogP contribution is -3.13. The monoisotopic (exact) mass is 365 g/mol. The lowest BCUT2D eigenvalue weighted by Gasteiger charge is -2.31. The number of aryl methyl sites for hydroxylation is 1. The Hall–Kier alpha value is -1.40. The zero-order chi connectivity index (χ0) is 17.2. The maximum Gasteiger partial charge on any atom is 0.243 e. The summed E-state index contributed by atoms with van der Waals surface area (Å²) in [6, 6.07) is 15.2. The van der Waals surface area contributed by atoms with Gasteiger partial charge in [-0.2, -0.15) is 4.31 Å². The minimum absolute atomic E-state index is 0.330. The molecule has 24 heavy (non-hydrogen) atoms. The molecule has 0 saturated carbocycles. The molecule has 1 saturated heterocycles. The quantitative estimate of drug-likeness (QED) is 0.896. The molecule has 6 heteroatoms. The average molecular weight is 366 g/mol.